The van der Waals surface area contributed by atoms with Crippen LogP contribution in [0, 0.1) is 17.0 Å². The van der Waals surface area contributed by atoms with E-state index in [4.69, 9.17) is 0 Å². The lowest BCUT2D eigenvalue weighted by Gasteiger charge is -2.33. The standard InChI is InChI=1S/C14H16N2O5/c1-9-5-6-10(16(20)21)8-11(9)13(17)15-7-3-2-4-12(15)14(18)19/h5-6,8,12H,2-4,7H2,1H3,(H,18,19)/t12-/m1/s1. The Kier molecular flexibility index (Phi) is 4.21. The number of hydrogen-bond acceptors (Lipinski definition) is 4. The number of nitrogens with zero attached hydrogens (tertiary/aromatic N) is 2. The molecule has 7 heteroatoms. The molecule has 1 aromatic carbocycles. The number of nitro groups is 1. The Morgan fingerprint density at radius 2 is 2.10 bits per heavy atom. The highest BCUT2D eigenvalue weighted by atomic mass is 16.6. The maximum atomic E-state index is 12.6. The molecule has 21 heavy (non-hydrogen) atoms. The monoisotopic (exact) mass is 292 g/mol. The fourth-order valence-corrected chi connectivity index (χ4v) is 2.54. The van der Waals surface area contributed by atoms with Crippen LogP contribution in [0.4, 0.5) is 5.69 Å². The first-order valence-electron chi connectivity index (χ1n) is 6.70. The fraction of sp³-hybridized carbons (Fsp3) is 0.429. The van der Waals surface area contributed by atoms with Crippen molar-refractivity contribution in [1.29, 1.82) is 0 Å². The average Bonchev–Trinajstić information content (AvgIpc) is 2.46. The molecule has 7 nitrogen and oxygen atoms in total. The number of hydrogen-bond donors (Lipinski definition) is 1. The van der Waals surface area contributed by atoms with Crippen LogP contribution in [0.3, 0.4) is 0 Å². The molecule has 1 aromatic rings. The van der Waals surface area contributed by atoms with E-state index in [1.165, 1.54) is 23.1 Å². The van der Waals surface area contributed by atoms with Crippen LogP contribution in [-0.4, -0.2) is 39.4 Å². The van der Waals surface area contributed by atoms with Gasteiger partial charge in [0.2, 0.25) is 0 Å². The Hall–Kier alpha value is -2.44. The van der Waals surface area contributed by atoms with Crippen molar-refractivity contribution in [1.82, 2.24) is 4.90 Å². The Balaban J connectivity index is 2.36. The van der Waals surface area contributed by atoms with E-state index in [-0.39, 0.29) is 11.3 Å². The molecule has 1 aliphatic rings. The Morgan fingerprint density at radius 3 is 2.71 bits per heavy atom. The highest BCUT2D eigenvalue weighted by Crippen LogP contribution is 2.24. The van der Waals surface area contributed by atoms with Gasteiger partial charge >= 0.3 is 5.97 Å². The number of carbonyl (C=O) groups excluding carboxylic acids is 1. The summed E-state index contributed by atoms with van der Waals surface area (Å²) in [5.41, 5.74) is 0.616. The van der Waals surface area contributed by atoms with E-state index in [1.54, 1.807) is 6.92 Å². The van der Waals surface area contributed by atoms with Crippen molar-refractivity contribution in [3.05, 3.63) is 39.4 Å². The predicted molar refractivity (Wildman–Crippen MR) is 74.1 cm³/mol. The number of benzene rings is 1. The molecule has 1 fully saturated rings. The third-order valence-electron chi connectivity index (χ3n) is 3.71. The molecular formula is C14H16N2O5. The SMILES string of the molecule is Cc1ccc([N+](=O)[O-])cc1C(=O)N1CCCC[C@@H]1C(=O)O. The van der Waals surface area contributed by atoms with Gasteiger partial charge in [-0.25, -0.2) is 4.79 Å². The van der Waals surface area contributed by atoms with Gasteiger partial charge in [0, 0.05) is 24.2 Å². The van der Waals surface area contributed by atoms with Crippen molar-refractivity contribution < 1.29 is 19.6 Å². The minimum absolute atomic E-state index is 0.173. The van der Waals surface area contributed by atoms with E-state index < -0.39 is 22.8 Å². The van der Waals surface area contributed by atoms with Crippen molar-refractivity contribution in [2.24, 2.45) is 0 Å². The molecule has 1 amide bonds. The second-order valence-corrected chi connectivity index (χ2v) is 5.10. The molecule has 0 saturated carbocycles. The summed E-state index contributed by atoms with van der Waals surface area (Å²) in [7, 11) is 0. The van der Waals surface area contributed by atoms with Gasteiger partial charge in [0.25, 0.3) is 11.6 Å². The second kappa shape index (κ2) is 5.90. The van der Waals surface area contributed by atoms with Crippen molar-refractivity contribution in [3.8, 4) is 0 Å². The zero-order valence-electron chi connectivity index (χ0n) is 11.6. The molecule has 1 aliphatic heterocycles. The quantitative estimate of drug-likeness (QED) is 0.678. The molecule has 1 atom stereocenters. The molecule has 112 valence electrons. The summed E-state index contributed by atoms with van der Waals surface area (Å²) >= 11 is 0. The van der Waals surface area contributed by atoms with E-state index in [2.05, 4.69) is 0 Å². The zero-order chi connectivity index (χ0) is 15.6. The number of aliphatic carboxylic acids is 1. The minimum Gasteiger partial charge on any atom is -0.480 e. The highest BCUT2D eigenvalue weighted by Gasteiger charge is 2.33. The van der Waals surface area contributed by atoms with Gasteiger partial charge in [-0.2, -0.15) is 0 Å². The van der Waals surface area contributed by atoms with E-state index in [9.17, 15) is 24.8 Å². The van der Waals surface area contributed by atoms with Crippen molar-refractivity contribution in [3.63, 3.8) is 0 Å². The first-order valence-corrected chi connectivity index (χ1v) is 6.70. The van der Waals surface area contributed by atoms with E-state index in [0.717, 1.165) is 12.8 Å². The molecule has 1 saturated heterocycles. The van der Waals surface area contributed by atoms with Crippen LogP contribution >= 0.6 is 0 Å². The summed E-state index contributed by atoms with van der Waals surface area (Å²) < 4.78 is 0. The van der Waals surface area contributed by atoms with Gasteiger partial charge in [-0.15, -0.1) is 0 Å². The van der Waals surface area contributed by atoms with Crippen LogP contribution in [0.25, 0.3) is 0 Å². The van der Waals surface area contributed by atoms with Gasteiger partial charge in [-0.3, -0.25) is 14.9 Å². The molecule has 0 aromatic heterocycles. The molecule has 0 spiro atoms. The summed E-state index contributed by atoms with van der Waals surface area (Å²) in [6.07, 6.45) is 1.91. The number of nitro benzene ring substituents is 1. The number of carbonyl (C=O) groups is 2. The van der Waals surface area contributed by atoms with Crippen LogP contribution < -0.4 is 0 Å². The summed E-state index contributed by atoms with van der Waals surface area (Å²) in [6.45, 7) is 2.04. The minimum atomic E-state index is -1.04. The normalized spacial score (nSPS) is 18.3. The maximum Gasteiger partial charge on any atom is 0.326 e. The van der Waals surface area contributed by atoms with E-state index >= 15 is 0 Å². The number of amides is 1. The largest absolute Gasteiger partial charge is 0.480 e. The molecule has 0 radical (unpaired) electrons. The van der Waals surface area contributed by atoms with Crippen LogP contribution in [0.5, 0.6) is 0 Å². The molecule has 0 bridgehead atoms. The molecule has 0 unspecified atom stereocenters. The summed E-state index contributed by atoms with van der Waals surface area (Å²) in [5.74, 6) is -1.49. The average molecular weight is 292 g/mol. The Labute approximate surface area is 121 Å². The zero-order valence-corrected chi connectivity index (χ0v) is 11.6. The lowest BCUT2D eigenvalue weighted by Crippen LogP contribution is -2.48. The Morgan fingerprint density at radius 1 is 1.38 bits per heavy atom. The number of likely N-dealkylation sites (tertiary alicyclic amines) is 1. The van der Waals surface area contributed by atoms with Gasteiger partial charge < -0.3 is 10.0 Å². The summed E-state index contributed by atoms with van der Waals surface area (Å²) in [5, 5.41) is 20.0. The first kappa shape index (κ1) is 15.0. The topological polar surface area (TPSA) is 101 Å². The van der Waals surface area contributed by atoms with Gasteiger partial charge in [0.1, 0.15) is 6.04 Å². The van der Waals surface area contributed by atoms with Crippen LogP contribution in [0.2, 0.25) is 0 Å². The highest BCUT2D eigenvalue weighted by molar-refractivity contribution is 5.98. The molecular weight excluding hydrogens is 276 g/mol. The number of aryl methyl sites for hydroxylation is 1. The van der Waals surface area contributed by atoms with Crippen LogP contribution in [0.15, 0.2) is 18.2 Å². The van der Waals surface area contributed by atoms with E-state index in [1.807, 2.05) is 0 Å². The lowest BCUT2D eigenvalue weighted by molar-refractivity contribution is -0.384. The van der Waals surface area contributed by atoms with Crippen molar-refractivity contribution in [2.75, 3.05) is 6.54 Å². The number of piperidine rings is 1. The lowest BCUT2D eigenvalue weighted by atomic mass is 9.99. The molecule has 1 N–H and O–H groups in total. The van der Waals surface area contributed by atoms with E-state index in [0.29, 0.717) is 18.5 Å². The van der Waals surface area contributed by atoms with Crippen molar-refractivity contribution >= 4 is 17.6 Å². The number of non-ortho nitro benzene ring substituents is 1. The van der Waals surface area contributed by atoms with Crippen molar-refractivity contribution in [2.45, 2.75) is 32.2 Å². The third kappa shape index (κ3) is 3.01. The second-order valence-electron chi connectivity index (χ2n) is 5.10. The van der Waals surface area contributed by atoms with Gasteiger partial charge in [0.15, 0.2) is 0 Å². The van der Waals surface area contributed by atoms with Gasteiger partial charge in [-0.05, 0) is 31.7 Å². The number of rotatable bonds is 3. The smallest absolute Gasteiger partial charge is 0.326 e. The van der Waals surface area contributed by atoms with Crippen LogP contribution in [-0.2, 0) is 4.79 Å². The molecule has 2 rings (SSSR count). The number of carboxylic acid groups (broad SMARTS) is 1. The van der Waals surface area contributed by atoms with Gasteiger partial charge in [0.05, 0.1) is 4.92 Å². The number of carboxylic acids is 1. The fourth-order valence-electron chi connectivity index (χ4n) is 2.54. The van der Waals surface area contributed by atoms with Gasteiger partial charge in [-0.1, -0.05) is 6.07 Å². The first-order chi connectivity index (χ1) is 9.91. The summed E-state index contributed by atoms with van der Waals surface area (Å²) in [4.78, 5) is 35.4. The maximum absolute atomic E-state index is 12.6. The molecule has 1 heterocycles. The van der Waals surface area contributed by atoms with Crippen LogP contribution in [0.1, 0.15) is 35.2 Å². The Bertz CT molecular complexity index is 599. The third-order valence-corrected chi connectivity index (χ3v) is 3.71. The molecule has 0 aliphatic carbocycles. The predicted octanol–water partition coefficient (Wildman–Crippen LogP) is 1.98. The summed E-state index contributed by atoms with van der Waals surface area (Å²) in [6, 6.07) is 3.19.